The highest BCUT2D eigenvalue weighted by molar-refractivity contribution is 8.39. The van der Waals surface area contributed by atoms with Gasteiger partial charge in [-0.3, -0.25) is 14.6 Å². The minimum atomic E-state index is -0.330. The van der Waals surface area contributed by atoms with Crippen molar-refractivity contribution in [2.75, 3.05) is 54.4 Å². The molecule has 0 unspecified atom stereocenters. The van der Waals surface area contributed by atoms with Crippen molar-refractivity contribution in [3.05, 3.63) is 24.3 Å². The number of hydrogen-bond acceptors (Lipinski definition) is 6. The second kappa shape index (κ2) is 9.22. The third kappa shape index (κ3) is 5.67. The first-order valence-electron chi connectivity index (χ1n) is 9.57. The summed E-state index contributed by atoms with van der Waals surface area (Å²) in [6.07, 6.45) is 0. The van der Waals surface area contributed by atoms with Crippen LogP contribution in [0.15, 0.2) is 29.3 Å². The number of nitrogens with zero attached hydrogens (tertiary/aromatic N) is 3. The van der Waals surface area contributed by atoms with E-state index in [1.165, 1.54) is 11.8 Å². The van der Waals surface area contributed by atoms with Gasteiger partial charge in [0.25, 0.3) is 0 Å². The van der Waals surface area contributed by atoms with Crippen LogP contribution in [-0.4, -0.2) is 65.3 Å². The van der Waals surface area contributed by atoms with Gasteiger partial charge in [-0.15, -0.1) is 0 Å². The van der Waals surface area contributed by atoms with Crippen LogP contribution in [0.2, 0.25) is 0 Å². The first-order chi connectivity index (χ1) is 13.3. The molecule has 0 aromatic heterocycles. The van der Waals surface area contributed by atoms with Gasteiger partial charge in [-0.25, -0.2) is 0 Å². The fourth-order valence-electron chi connectivity index (χ4n) is 3.12. The number of carbonyl (C=O) groups is 2. The average Bonchev–Trinajstić information content (AvgIpc) is 3.19. The monoisotopic (exact) mass is 420 g/mol. The van der Waals surface area contributed by atoms with Crippen LogP contribution in [0, 0.1) is 5.41 Å². The molecule has 28 heavy (non-hydrogen) atoms. The van der Waals surface area contributed by atoms with Gasteiger partial charge in [0.1, 0.15) is 4.38 Å². The first kappa shape index (κ1) is 21.0. The highest BCUT2D eigenvalue weighted by Crippen LogP contribution is 2.24. The van der Waals surface area contributed by atoms with Crippen molar-refractivity contribution < 1.29 is 9.59 Å². The average molecular weight is 421 g/mol. The molecule has 6 nitrogen and oxygen atoms in total. The third-order valence-electron chi connectivity index (χ3n) is 4.61. The number of anilines is 2. The molecule has 2 amide bonds. The normalized spacial score (nSPS) is 17.5. The lowest BCUT2D eigenvalue weighted by Gasteiger charge is -2.38. The number of aliphatic imine (C=N–C) groups is 1. The molecule has 3 rings (SSSR count). The molecule has 0 bridgehead atoms. The minimum Gasteiger partial charge on any atom is -0.368 e. The van der Waals surface area contributed by atoms with Crippen molar-refractivity contribution in [1.82, 2.24) is 4.90 Å². The van der Waals surface area contributed by atoms with Crippen molar-refractivity contribution in [1.29, 1.82) is 0 Å². The van der Waals surface area contributed by atoms with Gasteiger partial charge < -0.3 is 15.1 Å². The summed E-state index contributed by atoms with van der Waals surface area (Å²) in [6, 6.07) is 7.93. The molecular formula is C20H28N4O2S2. The van der Waals surface area contributed by atoms with Gasteiger partial charge in [0.2, 0.25) is 11.8 Å². The van der Waals surface area contributed by atoms with E-state index in [4.69, 9.17) is 0 Å². The number of hydrogen-bond donors (Lipinski definition) is 1. The zero-order valence-electron chi connectivity index (χ0n) is 16.7. The summed E-state index contributed by atoms with van der Waals surface area (Å²) < 4.78 is 1.01. The number of benzene rings is 1. The summed E-state index contributed by atoms with van der Waals surface area (Å²) in [6.45, 7) is 9.89. The van der Waals surface area contributed by atoms with Crippen molar-refractivity contribution >= 4 is 51.1 Å². The molecule has 1 saturated heterocycles. The highest BCUT2D eigenvalue weighted by atomic mass is 32.2. The van der Waals surface area contributed by atoms with Gasteiger partial charge in [0.15, 0.2) is 0 Å². The molecular weight excluding hydrogens is 392 g/mol. The Morgan fingerprint density at radius 1 is 1.14 bits per heavy atom. The van der Waals surface area contributed by atoms with Crippen LogP contribution in [0.1, 0.15) is 20.8 Å². The van der Waals surface area contributed by atoms with Crippen LogP contribution in [-0.2, 0) is 9.59 Å². The Morgan fingerprint density at radius 3 is 2.39 bits per heavy atom. The Bertz CT molecular complexity index is 736. The van der Waals surface area contributed by atoms with Gasteiger partial charge in [-0.2, -0.15) is 0 Å². The molecule has 0 atom stereocenters. The van der Waals surface area contributed by atoms with Crippen LogP contribution in [0.3, 0.4) is 0 Å². The van der Waals surface area contributed by atoms with Gasteiger partial charge >= 0.3 is 0 Å². The van der Waals surface area contributed by atoms with Gasteiger partial charge in [0.05, 0.1) is 12.3 Å². The van der Waals surface area contributed by atoms with Crippen LogP contribution in [0.4, 0.5) is 11.4 Å². The molecule has 2 aliphatic rings. The maximum atomic E-state index is 12.4. The zero-order chi connectivity index (χ0) is 20.1. The van der Waals surface area contributed by atoms with E-state index < -0.39 is 0 Å². The molecule has 0 saturated carbocycles. The summed E-state index contributed by atoms with van der Waals surface area (Å²) >= 11 is 3.22. The summed E-state index contributed by atoms with van der Waals surface area (Å²) in [7, 11) is 0. The lowest BCUT2D eigenvalue weighted by molar-refractivity contribution is -0.139. The van der Waals surface area contributed by atoms with E-state index in [0.29, 0.717) is 5.75 Å². The summed E-state index contributed by atoms with van der Waals surface area (Å²) in [4.78, 5) is 33.1. The Balaban J connectivity index is 1.47. The van der Waals surface area contributed by atoms with Crippen molar-refractivity contribution in [2.24, 2.45) is 10.4 Å². The summed E-state index contributed by atoms with van der Waals surface area (Å²) in [5, 5.41) is 2.94. The Labute approximate surface area is 175 Å². The number of thioether (sulfide) groups is 2. The molecule has 8 heteroatoms. The minimum absolute atomic E-state index is 0.0118. The van der Waals surface area contributed by atoms with Crippen molar-refractivity contribution in [3.63, 3.8) is 0 Å². The highest BCUT2D eigenvalue weighted by Gasteiger charge is 2.29. The molecule has 0 spiro atoms. The predicted octanol–water partition coefficient (Wildman–Crippen LogP) is 3.16. The van der Waals surface area contributed by atoms with Gasteiger partial charge in [-0.05, 0) is 24.3 Å². The summed E-state index contributed by atoms with van der Waals surface area (Å²) in [5.74, 6) is 1.61. The summed E-state index contributed by atoms with van der Waals surface area (Å²) in [5.41, 5.74) is 1.59. The van der Waals surface area contributed by atoms with E-state index in [0.717, 1.165) is 54.2 Å². The lowest BCUT2D eigenvalue weighted by atomic mass is 9.94. The maximum absolute atomic E-state index is 12.4. The molecule has 2 aliphatic heterocycles. The third-order valence-corrected chi connectivity index (χ3v) is 6.86. The van der Waals surface area contributed by atoms with E-state index in [-0.39, 0.29) is 17.2 Å². The lowest BCUT2D eigenvalue weighted by Crippen LogP contribution is -2.51. The van der Waals surface area contributed by atoms with Crippen LogP contribution >= 0.6 is 23.5 Å². The quantitative estimate of drug-likeness (QED) is 0.811. The van der Waals surface area contributed by atoms with Gasteiger partial charge in [0, 0.05) is 48.7 Å². The zero-order valence-corrected chi connectivity index (χ0v) is 18.4. The van der Waals surface area contributed by atoms with E-state index in [9.17, 15) is 9.59 Å². The number of nitrogens with one attached hydrogen (secondary N) is 1. The molecule has 152 valence electrons. The van der Waals surface area contributed by atoms with E-state index in [2.05, 4.69) is 15.2 Å². The number of carbonyl (C=O) groups excluding carboxylic acids is 2. The second-order valence-electron chi connectivity index (χ2n) is 7.91. The van der Waals surface area contributed by atoms with E-state index >= 15 is 0 Å². The molecule has 0 aliphatic carbocycles. The molecule has 1 aromatic carbocycles. The van der Waals surface area contributed by atoms with E-state index in [1.807, 2.05) is 49.9 Å². The molecule has 1 N–H and O–H groups in total. The van der Waals surface area contributed by atoms with Crippen molar-refractivity contribution in [2.45, 2.75) is 20.8 Å². The first-order valence-corrected chi connectivity index (χ1v) is 11.5. The van der Waals surface area contributed by atoms with Crippen molar-refractivity contribution in [3.8, 4) is 0 Å². The van der Waals surface area contributed by atoms with Crippen LogP contribution in [0.25, 0.3) is 0 Å². The predicted molar refractivity (Wildman–Crippen MR) is 121 cm³/mol. The smallest absolute Gasteiger partial charge is 0.234 e. The fraction of sp³-hybridized carbons (Fsp3) is 0.550. The van der Waals surface area contributed by atoms with Crippen LogP contribution < -0.4 is 10.2 Å². The fourth-order valence-corrected chi connectivity index (χ4v) is 4.93. The van der Waals surface area contributed by atoms with Gasteiger partial charge in [-0.1, -0.05) is 44.3 Å². The standard InChI is InChI=1S/C20H28N4O2S2/c1-20(2,3)18(26)24-11-9-23(10-12-24)16-6-4-15(5-7-16)22-17(25)14-28-19-21-8-13-27-19/h4-7H,8-14H2,1-3H3,(H,22,25). The number of rotatable bonds is 4. The topological polar surface area (TPSA) is 65.0 Å². The Kier molecular flexibility index (Phi) is 6.93. The Morgan fingerprint density at radius 2 is 1.82 bits per heavy atom. The molecule has 0 radical (unpaired) electrons. The number of piperazine rings is 1. The largest absolute Gasteiger partial charge is 0.368 e. The molecule has 2 heterocycles. The Hall–Kier alpha value is -1.67. The SMILES string of the molecule is CC(C)(C)C(=O)N1CCN(c2ccc(NC(=O)CSC3=NCCS3)cc2)CC1. The maximum Gasteiger partial charge on any atom is 0.234 e. The second-order valence-corrected chi connectivity index (χ2v) is 10.2. The molecule has 1 fully saturated rings. The van der Waals surface area contributed by atoms with E-state index in [1.54, 1.807) is 11.8 Å². The molecule has 1 aromatic rings. The van der Waals surface area contributed by atoms with Crippen LogP contribution in [0.5, 0.6) is 0 Å². The number of amides is 2.